The van der Waals surface area contributed by atoms with Crippen molar-refractivity contribution in [2.75, 3.05) is 18.9 Å². The van der Waals surface area contributed by atoms with E-state index in [9.17, 15) is 19.3 Å². The summed E-state index contributed by atoms with van der Waals surface area (Å²) in [5.74, 6) is 0.702. The number of nitrogens with zero attached hydrogens (tertiary/aromatic N) is 3. The molecule has 0 spiro atoms. The molecule has 1 saturated heterocycles. The summed E-state index contributed by atoms with van der Waals surface area (Å²) in [7, 11) is -4.53. The quantitative estimate of drug-likeness (QED) is 0.193. The van der Waals surface area contributed by atoms with E-state index in [1.165, 1.54) is 19.1 Å². The van der Waals surface area contributed by atoms with Crippen LogP contribution in [0, 0.1) is 17.2 Å². The zero-order valence-corrected chi connectivity index (χ0v) is 23.0. The van der Waals surface area contributed by atoms with Gasteiger partial charge in [0.2, 0.25) is 0 Å². The molecule has 1 aliphatic heterocycles. The van der Waals surface area contributed by atoms with Gasteiger partial charge in [-0.15, -0.1) is 0 Å². The molecule has 14 nitrogen and oxygen atoms in total. The van der Waals surface area contributed by atoms with Gasteiger partial charge in [0.1, 0.15) is 17.1 Å². The Kier molecular flexibility index (Phi) is 10.1. The molecule has 1 aromatic heterocycles. The Morgan fingerprint density at radius 2 is 2.03 bits per heavy atom. The second-order valence-corrected chi connectivity index (χ2v) is 10.5. The first-order chi connectivity index (χ1) is 18.4. The topological polar surface area (TPSA) is 200 Å². The number of phosphoric ester groups is 1. The van der Waals surface area contributed by atoms with E-state index in [1.807, 2.05) is 0 Å². The molecular formula is C23H29ClN5O9P. The number of carbonyl (C=O) groups excluding carboxylic acids is 1. The van der Waals surface area contributed by atoms with E-state index in [2.05, 4.69) is 21.4 Å². The first-order valence-electron chi connectivity index (χ1n) is 11.7. The minimum Gasteiger partial charge on any atom is -0.461 e. The number of para-hydroxylation sites is 1. The number of rotatable bonds is 11. The van der Waals surface area contributed by atoms with Crippen molar-refractivity contribution in [3.8, 4) is 17.0 Å². The van der Waals surface area contributed by atoms with Crippen molar-refractivity contribution in [3.05, 3.63) is 47.0 Å². The molecule has 0 radical (unpaired) electrons. The molecule has 39 heavy (non-hydrogen) atoms. The van der Waals surface area contributed by atoms with Crippen LogP contribution in [0.2, 0.25) is 0 Å². The summed E-state index contributed by atoms with van der Waals surface area (Å²) in [4.78, 5) is 28.4. The summed E-state index contributed by atoms with van der Waals surface area (Å²) in [6.45, 7) is 3.46. The number of phosphoric acid groups is 1. The summed E-state index contributed by atoms with van der Waals surface area (Å²) in [6.07, 6.45) is -3.22. The Balaban J connectivity index is 1.90. The monoisotopic (exact) mass is 585 g/mol. The molecule has 1 aromatic carbocycles. The molecule has 5 N–H and O–H groups in total. The highest BCUT2D eigenvalue weighted by molar-refractivity contribution is 7.49. The summed E-state index contributed by atoms with van der Waals surface area (Å²) >= 11 is 5.64. The van der Waals surface area contributed by atoms with Crippen LogP contribution in [0.1, 0.15) is 27.0 Å². The van der Waals surface area contributed by atoms with Gasteiger partial charge < -0.3 is 30.6 Å². The van der Waals surface area contributed by atoms with Crippen LogP contribution in [-0.2, 0) is 27.9 Å². The number of esters is 1. The predicted octanol–water partition coefficient (Wildman–Crippen LogP) is 1.18. The van der Waals surface area contributed by atoms with E-state index >= 15 is 0 Å². The maximum absolute atomic E-state index is 13.7. The molecule has 0 saturated carbocycles. The lowest BCUT2D eigenvalue weighted by Gasteiger charge is -2.29. The van der Waals surface area contributed by atoms with E-state index in [1.54, 1.807) is 32.0 Å². The van der Waals surface area contributed by atoms with Crippen molar-refractivity contribution in [1.29, 1.82) is 0 Å². The minimum atomic E-state index is -4.53. The highest BCUT2D eigenvalue weighted by Crippen LogP contribution is 2.52. The normalized spacial score (nSPS) is 24.8. The van der Waals surface area contributed by atoms with E-state index in [-0.39, 0.29) is 11.6 Å². The van der Waals surface area contributed by atoms with Crippen LogP contribution in [0.25, 0.3) is 0 Å². The van der Waals surface area contributed by atoms with Crippen LogP contribution >= 0.6 is 19.4 Å². The summed E-state index contributed by atoms with van der Waals surface area (Å²) in [6, 6.07) is 7.97. The molecule has 0 aliphatic carbocycles. The van der Waals surface area contributed by atoms with Crippen LogP contribution in [0.3, 0.4) is 0 Å². The molecule has 2 aromatic rings. The van der Waals surface area contributed by atoms with Crippen LogP contribution in [0.5, 0.6) is 5.75 Å². The number of nitrogen functional groups attached to an aromatic ring is 1. The van der Waals surface area contributed by atoms with E-state index in [4.69, 9.17) is 46.1 Å². The minimum absolute atomic E-state index is 0.124. The lowest BCUT2D eigenvalue weighted by atomic mass is 9.83. The largest absolute Gasteiger partial charge is 0.530 e. The number of benzene rings is 1. The van der Waals surface area contributed by atoms with Crippen molar-refractivity contribution in [3.63, 3.8) is 0 Å². The third-order valence-corrected chi connectivity index (χ3v) is 7.09. The van der Waals surface area contributed by atoms with E-state index in [0.29, 0.717) is 0 Å². The number of carbonyl (C=O) groups is 1. The fraction of sp³-hybridized carbons (Fsp3) is 0.478. The highest BCUT2D eigenvalue weighted by atomic mass is 35.5. The molecule has 1 aliphatic rings. The molecule has 1 fully saturated rings. The van der Waals surface area contributed by atoms with Gasteiger partial charge in [0.05, 0.1) is 31.6 Å². The SMILES string of the molecule is CC(C)OC(=O)[C@H](C)OP(=O)(OC[C@H]1O[C@@H](n2ncc(N)nc2=O)C(N)(C#CCl)C1CO)Oc1ccccc1. The zero-order valence-electron chi connectivity index (χ0n) is 21.3. The van der Waals surface area contributed by atoms with Gasteiger partial charge in [-0.25, -0.2) is 14.2 Å². The predicted molar refractivity (Wildman–Crippen MR) is 138 cm³/mol. The fourth-order valence-corrected chi connectivity index (χ4v) is 5.23. The molecule has 0 bridgehead atoms. The maximum atomic E-state index is 13.7. The lowest BCUT2D eigenvalue weighted by molar-refractivity contribution is -0.155. The van der Waals surface area contributed by atoms with E-state index in [0.717, 1.165) is 10.9 Å². The number of ether oxygens (including phenoxy) is 2. The number of aliphatic hydroxyl groups excluding tert-OH is 1. The third-order valence-electron chi connectivity index (χ3n) is 5.52. The van der Waals surface area contributed by atoms with Gasteiger partial charge in [0.15, 0.2) is 12.3 Å². The Hall–Kier alpha value is -3.02. The molecule has 16 heteroatoms. The molecule has 6 atom stereocenters. The van der Waals surface area contributed by atoms with Gasteiger partial charge in [-0.3, -0.25) is 9.05 Å². The second kappa shape index (κ2) is 12.9. The first-order valence-corrected chi connectivity index (χ1v) is 13.5. The van der Waals surface area contributed by atoms with Crippen molar-refractivity contribution in [2.24, 2.45) is 11.7 Å². The number of anilines is 1. The third kappa shape index (κ3) is 7.34. The number of hydrogen-bond donors (Lipinski definition) is 3. The average Bonchev–Trinajstić information content (AvgIpc) is 3.14. The van der Waals surface area contributed by atoms with Gasteiger partial charge in [0.25, 0.3) is 0 Å². The number of halogens is 1. The number of nitrogens with two attached hydrogens (primary N) is 2. The number of aromatic nitrogens is 3. The van der Waals surface area contributed by atoms with Crippen LogP contribution in [0.4, 0.5) is 5.82 Å². The Morgan fingerprint density at radius 1 is 1.33 bits per heavy atom. The van der Waals surface area contributed by atoms with Gasteiger partial charge in [-0.2, -0.15) is 14.8 Å². The van der Waals surface area contributed by atoms with Crippen molar-refractivity contribution in [1.82, 2.24) is 14.8 Å². The average molecular weight is 586 g/mol. The van der Waals surface area contributed by atoms with Crippen LogP contribution < -0.4 is 21.7 Å². The zero-order chi connectivity index (χ0) is 28.8. The van der Waals surface area contributed by atoms with E-state index < -0.39 is 68.7 Å². The first kappa shape index (κ1) is 30.5. The lowest BCUT2D eigenvalue weighted by Crippen LogP contribution is -2.53. The van der Waals surface area contributed by atoms with Crippen LogP contribution in [0.15, 0.2) is 41.3 Å². The highest BCUT2D eigenvalue weighted by Gasteiger charge is 2.56. The summed E-state index contributed by atoms with van der Waals surface area (Å²) in [5, 5.41) is 16.2. The van der Waals surface area contributed by atoms with Crippen molar-refractivity contribution < 1.29 is 37.5 Å². The van der Waals surface area contributed by atoms with Gasteiger partial charge in [0, 0.05) is 11.3 Å². The standard InChI is InChI=1S/C23H29ClN5O9P/c1-14(2)35-20(31)15(3)37-39(33,38-16-7-5-4-6-8-16)34-13-18-17(12-30)23(26,9-10-24)21(36-18)29-22(32)28-19(25)11-27-29/h4-8,11,14-15,17-18,21,30H,12-13,26H2,1-3H3,(H2,25,28,32)/t15-,17?,18+,21+,23?,39?/m0/s1. The molecule has 3 unspecified atom stereocenters. The number of aliphatic hydroxyl groups is 1. The molecular weight excluding hydrogens is 557 g/mol. The molecule has 2 heterocycles. The molecule has 212 valence electrons. The Labute approximate surface area is 229 Å². The van der Waals surface area contributed by atoms with Crippen molar-refractivity contribution in [2.45, 2.75) is 50.8 Å². The Bertz CT molecular complexity index is 1320. The van der Waals surface area contributed by atoms with Gasteiger partial charge in [-0.1, -0.05) is 24.1 Å². The Morgan fingerprint density at radius 3 is 2.62 bits per heavy atom. The van der Waals surface area contributed by atoms with Crippen molar-refractivity contribution >= 4 is 31.2 Å². The van der Waals surface area contributed by atoms with Gasteiger partial charge >= 0.3 is 19.5 Å². The number of hydrogen-bond acceptors (Lipinski definition) is 13. The molecule has 3 rings (SSSR count). The molecule has 0 amide bonds. The smallest absolute Gasteiger partial charge is 0.461 e. The summed E-state index contributed by atoms with van der Waals surface area (Å²) < 4.78 is 42.0. The fourth-order valence-electron chi connectivity index (χ4n) is 3.72. The summed E-state index contributed by atoms with van der Waals surface area (Å²) in [5.41, 5.74) is 9.33. The van der Waals surface area contributed by atoms with Gasteiger partial charge in [-0.05, 0) is 44.5 Å². The second-order valence-electron chi connectivity index (χ2n) is 8.76. The maximum Gasteiger partial charge on any atom is 0.530 e. The van der Waals surface area contributed by atoms with Crippen LogP contribution in [-0.4, -0.2) is 62.9 Å².